The summed E-state index contributed by atoms with van der Waals surface area (Å²) in [6.07, 6.45) is 8.70. The fourth-order valence-electron chi connectivity index (χ4n) is 2.24. The molecule has 1 saturated heterocycles. The van der Waals surface area contributed by atoms with Gasteiger partial charge in [0, 0.05) is 12.7 Å². The fourth-order valence-corrected chi connectivity index (χ4v) is 2.24. The van der Waals surface area contributed by atoms with E-state index < -0.39 is 0 Å². The molecule has 2 heterocycles. The van der Waals surface area contributed by atoms with Crippen molar-refractivity contribution in [2.24, 2.45) is 5.92 Å². The first-order valence-electron chi connectivity index (χ1n) is 7.38. The first kappa shape index (κ1) is 20.5. The largest absolute Gasteiger partial charge is 0.308 e. The third-order valence-electron chi connectivity index (χ3n) is 3.46. The minimum absolute atomic E-state index is 0. The molecule has 0 radical (unpaired) electrons. The number of hydrogen-bond acceptors (Lipinski definition) is 4. The molecule has 4 nitrogen and oxygen atoms in total. The fraction of sp³-hybridized carbons (Fsp3) is 0.800. The van der Waals surface area contributed by atoms with E-state index in [1.54, 1.807) is 11.8 Å². The zero-order chi connectivity index (χ0) is 15.0. The molecule has 1 aromatic rings. The standard InChI is InChI=1S/C13H24N4.C2H6S.BH3/c1-11-4-5-12(14-10-11)13-6-7-17(15-13)9-8-16(2)3;1-3-2;/h6-7,11-12,14H,4-5,8-10H2,1-3H3;1-2H3;1H3. The second-order valence-electron chi connectivity index (χ2n) is 5.86. The first-order valence-corrected chi connectivity index (χ1v) is 9.01. The van der Waals surface area contributed by atoms with Gasteiger partial charge in [-0.25, -0.2) is 0 Å². The number of likely N-dealkylation sites (N-methyl/N-ethyl adjacent to an activating group) is 1. The van der Waals surface area contributed by atoms with Gasteiger partial charge in [0.2, 0.25) is 0 Å². The molecule has 21 heavy (non-hydrogen) atoms. The van der Waals surface area contributed by atoms with Gasteiger partial charge in [-0.05, 0) is 58.0 Å². The Morgan fingerprint density at radius 2 is 2.05 bits per heavy atom. The number of nitrogens with zero attached hydrogens (tertiary/aromatic N) is 3. The summed E-state index contributed by atoms with van der Waals surface area (Å²) in [6.45, 7) is 5.43. The maximum Gasteiger partial charge on any atom is 0.0814 e. The van der Waals surface area contributed by atoms with E-state index in [9.17, 15) is 0 Å². The van der Waals surface area contributed by atoms with Crippen molar-refractivity contribution in [2.45, 2.75) is 32.4 Å². The molecule has 2 atom stereocenters. The Hall–Kier alpha value is -0.455. The lowest BCUT2D eigenvalue weighted by Crippen LogP contribution is -2.32. The summed E-state index contributed by atoms with van der Waals surface area (Å²) >= 11 is 1.75. The quantitative estimate of drug-likeness (QED) is 0.850. The van der Waals surface area contributed by atoms with Crippen LogP contribution < -0.4 is 5.32 Å². The van der Waals surface area contributed by atoms with E-state index in [1.165, 1.54) is 18.5 Å². The molecule has 0 amide bonds. The van der Waals surface area contributed by atoms with Gasteiger partial charge in [0.15, 0.2) is 0 Å². The van der Waals surface area contributed by atoms with Crippen molar-refractivity contribution >= 4 is 20.2 Å². The Morgan fingerprint density at radius 1 is 1.38 bits per heavy atom. The molecular formula is C15H33BN4S. The average molecular weight is 312 g/mol. The van der Waals surface area contributed by atoms with Crippen LogP contribution in [0.1, 0.15) is 31.5 Å². The zero-order valence-electron chi connectivity index (χ0n) is 13.6. The smallest absolute Gasteiger partial charge is 0.0814 e. The highest BCUT2D eigenvalue weighted by molar-refractivity contribution is 7.97. The minimum Gasteiger partial charge on any atom is -0.308 e. The lowest BCUT2D eigenvalue weighted by Gasteiger charge is -2.26. The number of nitrogens with one attached hydrogen (secondary N) is 1. The maximum absolute atomic E-state index is 4.66. The molecule has 0 saturated carbocycles. The highest BCUT2D eigenvalue weighted by atomic mass is 32.2. The van der Waals surface area contributed by atoms with Gasteiger partial charge in [0.25, 0.3) is 0 Å². The van der Waals surface area contributed by atoms with E-state index in [2.05, 4.69) is 53.3 Å². The molecule has 0 spiro atoms. The third kappa shape index (κ3) is 7.93. The van der Waals surface area contributed by atoms with Crippen LogP contribution in [0.2, 0.25) is 0 Å². The van der Waals surface area contributed by atoms with Gasteiger partial charge < -0.3 is 10.2 Å². The van der Waals surface area contributed by atoms with Gasteiger partial charge in [-0.15, -0.1) is 0 Å². The second kappa shape index (κ2) is 11.2. The van der Waals surface area contributed by atoms with Crippen LogP contribution in [0.4, 0.5) is 0 Å². The summed E-state index contributed by atoms with van der Waals surface area (Å²) in [7, 11) is 4.18. The van der Waals surface area contributed by atoms with Crippen molar-refractivity contribution in [3.8, 4) is 0 Å². The first-order chi connectivity index (χ1) is 9.56. The molecule has 2 rings (SSSR count). The van der Waals surface area contributed by atoms with Gasteiger partial charge in [-0.2, -0.15) is 16.9 Å². The summed E-state index contributed by atoms with van der Waals surface area (Å²) in [6, 6.07) is 2.62. The Balaban J connectivity index is 0.000000922. The van der Waals surface area contributed by atoms with Crippen LogP contribution in [-0.4, -0.2) is 62.8 Å². The maximum atomic E-state index is 4.66. The highest BCUT2D eigenvalue weighted by Crippen LogP contribution is 2.24. The zero-order valence-corrected chi connectivity index (χ0v) is 14.4. The van der Waals surface area contributed by atoms with E-state index >= 15 is 0 Å². The minimum atomic E-state index is 0. The Labute approximate surface area is 136 Å². The molecule has 6 heteroatoms. The van der Waals surface area contributed by atoms with Crippen LogP contribution >= 0.6 is 11.8 Å². The van der Waals surface area contributed by atoms with E-state index in [0.717, 1.165) is 25.6 Å². The van der Waals surface area contributed by atoms with Gasteiger partial charge >= 0.3 is 0 Å². The third-order valence-corrected chi connectivity index (χ3v) is 3.46. The van der Waals surface area contributed by atoms with Crippen molar-refractivity contribution in [2.75, 3.05) is 39.7 Å². The summed E-state index contributed by atoms with van der Waals surface area (Å²) in [5.74, 6) is 0.807. The van der Waals surface area contributed by atoms with E-state index in [4.69, 9.17) is 0 Å². The van der Waals surface area contributed by atoms with Crippen molar-refractivity contribution in [1.29, 1.82) is 0 Å². The molecule has 0 aromatic carbocycles. The summed E-state index contributed by atoms with van der Waals surface area (Å²) in [4.78, 5) is 2.18. The molecule has 1 fully saturated rings. The Bertz CT molecular complexity index is 362. The SMILES string of the molecule is B.CC1CCC(c2ccn(CCN(C)C)n2)NC1.CSC. The van der Waals surface area contributed by atoms with Crippen LogP contribution in [0.25, 0.3) is 0 Å². The highest BCUT2D eigenvalue weighted by Gasteiger charge is 2.20. The van der Waals surface area contributed by atoms with Gasteiger partial charge in [0.1, 0.15) is 0 Å². The molecule has 1 N–H and O–H groups in total. The lowest BCUT2D eigenvalue weighted by atomic mass is 9.95. The summed E-state index contributed by atoms with van der Waals surface area (Å²) in [5.41, 5.74) is 1.20. The molecule has 2 unspecified atom stereocenters. The number of rotatable bonds is 4. The number of aromatic nitrogens is 2. The molecule has 1 aromatic heterocycles. The predicted molar refractivity (Wildman–Crippen MR) is 99.3 cm³/mol. The van der Waals surface area contributed by atoms with Gasteiger partial charge in [0.05, 0.1) is 26.7 Å². The van der Waals surface area contributed by atoms with Crippen LogP contribution in [-0.2, 0) is 6.54 Å². The van der Waals surface area contributed by atoms with Crippen molar-refractivity contribution in [1.82, 2.24) is 20.0 Å². The normalized spacial score (nSPS) is 21.4. The molecule has 0 bridgehead atoms. The topological polar surface area (TPSA) is 33.1 Å². The van der Waals surface area contributed by atoms with Crippen LogP contribution in [0.15, 0.2) is 12.3 Å². The van der Waals surface area contributed by atoms with Gasteiger partial charge in [-0.3, -0.25) is 4.68 Å². The number of thioether (sulfide) groups is 1. The molecule has 0 aliphatic carbocycles. The number of hydrogen-bond donors (Lipinski definition) is 1. The van der Waals surface area contributed by atoms with Crippen LogP contribution in [0.3, 0.4) is 0 Å². The van der Waals surface area contributed by atoms with Crippen molar-refractivity contribution in [3.05, 3.63) is 18.0 Å². The Morgan fingerprint density at radius 3 is 2.57 bits per heavy atom. The molecule has 1 aliphatic heterocycles. The predicted octanol–water partition coefficient (Wildman–Crippen LogP) is 1.30. The van der Waals surface area contributed by atoms with Crippen LogP contribution in [0, 0.1) is 5.92 Å². The van der Waals surface area contributed by atoms with E-state index in [0.29, 0.717) is 6.04 Å². The Kier molecular flexibility index (Phi) is 10.9. The van der Waals surface area contributed by atoms with Crippen molar-refractivity contribution in [3.63, 3.8) is 0 Å². The van der Waals surface area contributed by atoms with Crippen molar-refractivity contribution < 1.29 is 0 Å². The average Bonchev–Trinajstić information content (AvgIpc) is 2.87. The van der Waals surface area contributed by atoms with Gasteiger partial charge in [-0.1, -0.05) is 6.92 Å². The second-order valence-corrected chi connectivity index (χ2v) is 6.68. The molecule has 122 valence electrons. The monoisotopic (exact) mass is 312 g/mol. The number of piperidine rings is 1. The summed E-state index contributed by atoms with van der Waals surface area (Å²) in [5, 5.41) is 8.24. The van der Waals surface area contributed by atoms with Crippen LogP contribution in [0.5, 0.6) is 0 Å². The summed E-state index contributed by atoms with van der Waals surface area (Å²) < 4.78 is 2.05. The lowest BCUT2D eigenvalue weighted by molar-refractivity contribution is 0.324. The van der Waals surface area contributed by atoms with E-state index in [-0.39, 0.29) is 8.41 Å². The van der Waals surface area contributed by atoms with E-state index in [1.807, 2.05) is 12.5 Å². The molecule has 1 aliphatic rings. The molecular weight excluding hydrogens is 279 g/mol.